The normalized spacial score (nSPS) is 10.1. The van der Waals surface area contributed by atoms with E-state index < -0.39 is 0 Å². The molecule has 0 aliphatic rings. The van der Waals surface area contributed by atoms with Gasteiger partial charge in [0.05, 0.1) is 17.0 Å². The number of carbonyl (C=O) groups excluding carboxylic acids is 2. The van der Waals surface area contributed by atoms with E-state index in [9.17, 15) is 9.59 Å². The molecule has 0 saturated heterocycles. The number of amides is 2. The molecule has 1 heterocycles. The van der Waals surface area contributed by atoms with Gasteiger partial charge < -0.3 is 25.7 Å². The van der Waals surface area contributed by atoms with Gasteiger partial charge in [-0.3, -0.25) is 9.59 Å². The van der Waals surface area contributed by atoms with Crippen LogP contribution >= 0.6 is 23.8 Å². The highest BCUT2D eigenvalue weighted by Gasteiger charge is 2.09. The fourth-order valence-corrected chi connectivity index (χ4v) is 2.88. The van der Waals surface area contributed by atoms with Gasteiger partial charge in [0, 0.05) is 24.0 Å². The summed E-state index contributed by atoms with van der Waals surface area (Å²) in [5, 5.41) is 12.2. The number of rotatable bonds is 5. The van der Waals surface area contributed by atoms with Crippen molar-refractivity contribution in [3.05, 3.63) is 71.6 Å². The Morgan fingerprint density at radius 2 is 1.52 bits per heavy atom. The first kappa shape index (κ1) is 20.4. The molecule has 2 aromatic carbocycles. The van der Waals surface area contributed by atoms with E-state index in [0.717, 1.165) is 5.69 Å². The minimum absolute atomic E-state index is 0.200. The van der Waals surface area contributed by atoms with E-state index in [0.29, 0.717) is 27.2 Å². The summed E-state index contributed by atoms with van der Waals surface area (Å²) in [7, 11) is 0. The van der Waals surface area contributed by atoms with E-state index in [1.54, 1.807) is 54.6 Å². The highest BCUT2D eigenvalue weighted by Crippen LogP contribution is 2.25. The second-order valence-electron chi connectivity index (χ2n) is 5.96. The van der Waals surface area contributed by atoms with Crippen molar-refractivity contribution in [2.45, 2.75) is 6.92 Å². The Kier molecular flexibility index (Phi) is 6.48. The minimum Gasteiger partial charge on any atom is -0.459 e. The van der Waals surface area contributed by atoms with Crippen LogP contribution in [-0.2, 0) is 4.79 Å². The molecular weight excluding hydrogens is 412 g/mol. The van der Waals surface area contributed by atoms with Gasteiger partial charge in [-0.25, -0.2) is 0 Å². The summed E-state index contributed by atoms with van der Waals surface area (Å²) in [5.41, 5.74) is 2.55. The van der Waals surface area contributed by atoms with E-state index >= 15 is 0 Å². The Labute approximate surface area is 177 Å². The molecule has 4 N–H and O–H groups in total. The van der Waals surface area contributed by atoms with E-state index in [2.05, 4.69) is 21.3 Å². The summed E-state index contributed by atoms with van der Waals surface area (Å²) in [6.07, 6.45) is 1.44. The Morgan fingerprint density at radius 3 is 2.10 bits per heavy atom. The van der Waals surface area contributed by atoms with Gasteiger partial charge >= 0.3 is 0 Å². The average Bonchev–Trinajstić information content (AvgIpc) is 3.20. The summed E-state index contributed by atoms with van der Waals surface area (Å²) in [5.74, 6) is -0.290. The number of thiocarbonyl (C=S) groups is 1. The number of carbonyl (C=O) groups is 2. The number of hydrogen-bond donors (Lipinski definition) is 4. The Morgan fingerprint density at radius 1 is 0.897 bits per heavy atom. The van der Waals surface area contributed by atoms with Crippen molar-refractivity contribution in [3.8, 4) is 0 Å². The maximum atomic E-state index is 12.0. The van der Waals surface area contributed by atoms with Crippen LogP contribution in [0.1, 0.15) is 17.5 Å². The molecule has 0 fully saturated rings. The molecule has 0 spiro atoms. The molecule has 9 heteroatoms. The summed E-state index contributed by atoms with van der Waals surface area (Å²) in [6.45, 7) is 1.41. The minimum atomic E-state index is -0.326. The first-order valence-corrected chi connectivity index (χ1v) is 9.29. The van der Waals surface area contributed by atoms with Gasteiger partial charge in [-0.05, 0) is 66.8 Å². The maximum Gasteiger partial charge on any atom is 0.291 e. The lowest BCUT2D eigenvalue weighted by Crippen LogP contribution is -2.19. The second-order valence-corrected chi connectivity index (χ2v) is 6.78. The van der Waals surface area contributed by atoms with Gasteiger partial charge in [-0.2, -0.15) is 0 Å². The molecule has 0 saturated carbocycles. The van der Waals surface area contributed by atoms with Crippen molar-refractivity contribution in [1.82, 2.24) is 0 Å². The predicted octanol–water partition coefficient (Wildman–Crippen LogP) is 4.95. The molecule has 0 aliphatic heterocycles. The van der Waals surface area contributed by atoms with Crippen molar-refractivity contribution in [3.63, 3.8) is 0 Å². The summed E-state index contributed by atoms with van der Waals surface area (Å²) >= 11 is 11.5. The van der Waals surface area contributed by atoms with Gasteiger partial charge in [0.2, 0.25) is 5.91 Å². The SMILES string of the molecule is CC(=O)Nc1ccc(NC(=S)Nc2ccc(NC(=O)c3ccco3)cc2)cc1Cl. The monoisotopic (exact) mass is 428 g/mol. The van der Waals surface area contributed by atoms with Crippen LogP contribution in [0.4, 0.5) is 22.7 Å². The van der Waals surface area contributed by atoms with Crippen molar-refractivity contribution in [2.24, 2.45) is 0 Å². The molecule has 3 rings (SSSR count). The third-order valence-electron chi connectivity index (χ3n) is 3.68. The van der Waals surface area contributed by atoms with Gasteiger partial charge in [-0.15, -0.1) is 0 Å². The smallest absolute Gasteiger partial charge is 0.291 e. The zero-order chi connectivity index (χ0) is 20.8. The number of halogens is 1. The van der Waals surface area contributed by atoms with Crippen LogP contribution in [0.25, 0.3) is 0 Å². The van der Waals surface area contributed by atoms with Gasteiger partial charge in [0.1, 0.15) is 0 Å². The standard InChI is InChI=1S/C20H17ClN4O3S/c1-12(26)22-17-9-8-15(11-16(17)21)25-20(29)24-14-6-4-13(5-7-14)23-19(27)18-3-2-10-28-18/h2-11H,1H3,(H,22,26)(H,23,27)(H2,24,25,29). The van der Waals surface area contributed by atoms with Crippen LogP contribution in [0.2, 0.25) is 5.02 Å². The molecule has 7 nitrogen and oxygen atoms in total. The van der Waals surface area contributed by atoms with Crippen LogP contribution in [0.15, 0.2) is 65.3 Å². The molecule has 0 aliphatic carbocycles. The van der Waals surface area contributed by atoms with Gasteiger partial charge in [-0.1, -0.05) is 11.6 Å². The van der Waals surface area contributed by atoms with Crippen LogP contribution in [-0.4, -0.2) is 16.9 Å². The lowest BCUT2D eigenvalue weighted by Gasteiger charge is -2.13. The Bertz CT molecular complexity index is 1040. The Hall–Kier alpha value is -3.36. The lowest BCUT2D eigenvalue weighted by atomic mass is 10.2. The molecule has 3 aromatic rings. The molecule has 148 valence electrons. The molecule has 1 aromatic heterocycles. The van der Waals surface area contributed by atoms with Gasteiger partial charge in [0.15, 0.2) is 10.9 Å². The lowest BCUT2D eigenvalue weighted by molar-refractivity contribution is -0.114. The molecule has 29 heavy (non-hydrogen) atoms. The third kappa shape index (κ3) is 5.81. The zero-order valence-electron chi connectivity index (χ0n) is 15.3. The number of anilines is 4. The molecule has 2 amide bonds. The van der Waals surface area contributed by atoms with Gasteiger partial charge in [0.25, 0.3) is 5.91 Å². The number of benzene rings is 2. The van der Waals surface area contributed by atoms with Crippen LogP contribution < -0.4 is 21.3 Å². The first-order valence-electron chi connectivity index (χ1n) is 8.51. The number of nitrogens with one attached hydrogen (secondary N) is 4. The highest BCUT2D eigenvalue weighted by molar-refractivity contribution is 7.80. The first-order chi connectivity index (χ1) is 13.9. The summed E-state index contributed by atoms with van der Waals surface area (Å²) < 4.78 is 5.06. The predicted molar refractivity (Wildman–Crippen MR) is 119 cm³/mol. The maximum absolute atomic E-state index is 12.0. The fraction of sp³-hybridized carbons (Fsp3) is 0.0500. The van der Waals surface area contributed by atoms with Crippen LogP contribution in [0.3, 0.4) is 0 Å². The van der Waals surface area contributed by atoms with Crippen LogP contribution in [0, 0.1) is 0 Å². The van der Waals surface area contributed by atoms with Crippen molar-refractivity contribution < 1.29 is 14.0 Å². The molecule has 0 radical (unpaired) electrons. The fourth-order valence-electron chi connectivity index (χ4n) is 2.41. The number of hydrogen-bond acceptors (Lipinski definition) is 4. The average molecular weight is 429 g/mol. The van der Waals surface area contributed by atoms with E-state index in [4.69, 9.17) is 28.2 Å². The summed E-state index contributed by atoms with van der Waals surface area (Å²) in [6, 6.07) is 15.4. The van der Waals surface area contributed by atoms with E-state index in [-0.39, 0.29) is 17.6 Å². The van der Waals surface area contributed by atoms with E-state index in [1.165, 1.54) is 13.2 Å². The quantitative estimate of drug-likeness (QED) is 0.429. The molecular formula is C20H17ClN4O3S. The zero-order valence-corrected chi connectivity index (χ0v) is 16.9. The van der Waals surface area contributed by atoms with E-state index in [1.807, 2.05) is 0 Å². The van der Waals surface area contributed by atoms with Crippen molar-refractivity contribution in [2.75, 3.05) is 21.3 Å². The Balaban J connectivity index is 1.56. The molecule has 0 unspecified atom stereocenters. The largest absolute Gasteiger partial charge is 0.459 e. The molecule has 0 atom stereocenters. The number of furan rings is 1. The van der Waals surface area contributed by atoms with Crippen LogP contribution in [0.5, 0.6) is 0 Å². The van der Waals surface area contributed by atoms with Crippen molar-refractivity contribution in [1.29, 1.82) is 0 Å². The topological polar surface area (TPSA) is 95.4 Å². The highest BCUT2D eigenvalue weighted by atomic mass is 35.5. The third-order valence-corrected chi connectivity index (χ3v) is 4.20. The molecule has 0 bridgehead atoms. The van der Waals surface area contributed by atoms with Crippen molar-refractivity contribution >= 4 is 63.5 Å². The summed E-state index contributed by atoms with van der Waals surface area (Å²) in [4.78, 5) is 23.1. The second kappa shape index (κ2) is 9.22.